The molecule has 1 saturated heterocycles. The second-order valence-corrected chi connectivity index (χ2v) is 10.3. The van der Waals surface area contributed by atoms with Crippen molar-refractivity contribution in [3.63, 3.8) is 0 Å². The predicted octanol–water partition coefficient (Wildman–Crippen LogP) is 6.10. The van der Waals surface area contributed by atoms with Crippen molar-refractivity contribution in [1.82, 2.24) is 4.98 Å². The summed E-state index contributed by atoms with van der Waals surface area (Å²) >= 11 is 0. The first-order valence-corrected chi connectivity index (χ1v) is 12.4. The predicted molar refractivity (Wildman–Crippen MR) is 126 cm³/mol. The first kappa shape index (κ1) is 24.5. The van der Waals surface area contributed by atoms with E-state index >= 15 is 0 Å². The molecule has 0 radical (unpaired) electrons. The summed E-state index contributed by atoms with van der Waals surface area (Å²) in [4.78, 5) is 28.6. The number of benzene rings is 1. The number of alkyl halides is 3. The average molecular weight is 500 g/mol. The topological polar surface area (TPSA) is 76.5 Å². The van der Waals surface area contributed by atoms with E-state index in [2.05, 4.69) is 11.1 Å². The van der Waals surface area contributed by atoms with Gasteiger partial charge >= 0.3 is 18.1 Å². The second kappa shape index (κ2) is 9.37. The number of ether oxygens (including phenoxy) is 1. The van der Waals surface area contributed by atoms with Crippen LogP contribution >= 0.6 is 0 Å². The number of aliphatic carboxylic acids is 1. The van der Waals surface area contributed by atoms with Crippen LogP contribution in [-0.2, 0) is 20.5 Å². The Morgan fingerprint density at radius 2 is 1.94 bits per heavy atom. The molecule has 5 nitrogen and oxygen atoms in total. The Kier molecular flexibility index (Phi) is 6.39. The molecular weight excluding hydrogens is 471 g/mol. The zero-order chi connectivity index (χ0) is 25.6. The fourth-order valence-corrected chi connectivity index (χ4v) is 6.60. The van der Waals surface area contributed by atoms with Crippen molar-refractivity contribution in [2.75, 3.05) is 0 Å². The number of carboxylic acid groups (broad SMARTS) is 1. The van der Waals surface area contributed by atoms with Gasteiger partial charge in [-0.3, -0.25) is 14.6 Å². The van der Waals surface area contributed by atoms with Crippen LogP contribution in [0, 0.1) is 35.5 Å². The van der Waals surface area contributed by atoms with Crippen molar-refractivity contribution < 1.29 is 32.6 Å². The molecule has 190 valence electrons. The van der Waals surface area contributed by atoms with Crippen LogP contribution in [0.3, 0.4) is 0 Å². The zero-order valence-electron chi connectivity index (χ0n) is 19.8. The summed E-state index contributed by atoms with van der Waals surface area (Å²) in [5.74, 6) is -1.01. The van der Waals surface area contributed by atoms with Gasteiger partial charge in [-0.2, -0.15) is 13.2 Å². The lowest BCUT2D eigenvalue weighted by molar-refractivity contribution is -0.145. The minimum Gasteiger partial charge on any atom is -0.481 e. The molecule has 1 aromatic heterocycles. The summed E-state index contributed by atoms with van der Waals surface area (Å²) in [6.07, 6.45) is 3.62. The van der Waals surface area contributed by atoms with E-state index in [1.54, 1.807) is 24.4 Å². The van der Waals surface area contributed by atoms with E-state index < -0.39 is 17.7 Å². The molecular formula is C28H28F3NO4. The third-order valence-electron chi connectivity index (χ3n) is 8.30. The summed E-state index contributed by atoms with van der Waals surface area (Å²) in [6, 6.07) is 8.67. The first-order valence-electron chi connectivity index (χ1n) is 12.4. The fourth-order valence-electron chi connectivity index (χ4n) is 6.60. The standard InChI is InChI=1S/C28H28F3NO4/c1-15-25-23(22-9-6-17(26(33)34)11-19(22)13-24(25)27(35)36-15)10-8-21-7-5-18(14-32-21)16-3-2-4-20(12-16)28(29,30)31/h2-5,7-8,10,12,14-15,17,19,22-25H,6,9,11,13H2,1H3,(H,33,34)/t15-,17-,19+,22-,23+,24-,25+/m1/s1. The van der Waals surface area contributed by atoms with E-state index in [0.29, 0.717) is 36.1 Å². The van der Waals surface area contributed by atoms with Crippen LogP contribution in [-0.4, -0.2) is 28.1 Å². The molecule has 5 rings (SSSR count). The third kappa shape index (κ3) is 4.65. The SMILES string of the molecule is C[C@H]1OC(=O)[C@@H]2C[C@@H]3C[C@H](C(=O)O)CC[C@H]3[C@H](C=Cc3ccc(-c4cccc(C(F)(F)F)c4)cn3)[C@H]12. The van der Waals surface area contributed by atoms with E-state index in [-0.39, 0.29) is 47.6 Å². The number of pyridine rings is 1. The number of hydrogen-bond acceptors (Lipinski definition) is 4. The highest BCUT2D eigenvalue weighted by molar-refractivity contribution is 5.76. The molecule has 2 heterocycles. The normalized spacial score (nSPS) is 32.1. The van der Waals surface area contributed by atoms with Crippen molar-refractivity contribution in [3.05, 3.63) is 59.9 Å². The van der Waals surface area contributed by atoms with Gasteiger partial charge in [0.1, 0.15) is 6.10 Å². The number of aromatic nitrogens is 1. The monoisotopic (exact) mass is 499 g/mol. The van der Waals surface area contributed by atoms with E-state index in [1.807, 2.05) is 13.0 Å². The van der Waals surface area contributed by atoms with Gasteiger partial charge in [-0.25, -0.2) is 0 Å². The van der Waals surface area contributed by atoms with E-state index in [0.717, 1.165) is 18.6 Å². The van der Waals surface area contributed by atoms with Gasteiger partial charge in [-0.05, 0) is 80.2 Å². The van der Waals surface area contributed by atoms with Crippen LogP contribution in [0.4, 0.5) is 13.2 Å². The Morgan fingerprint density at radius 3 is 2.64 bits per heavy atom. The Morgan fingerprint density at radius 1 is 1.14 bits per heavy atom. The highest BCUT2D eigenvalue weighted by atomic mass is 19.4. The summed E-state index contributed by atoms with van der Waals surface area (Å²) < 4.78 is 44.8. The minimum atomic E-state index is -4.41. The lowest BCUT2D eigenvalue weighted by atomic mass is 9.56. The van der Waals surface area contributed by atoms with E-state index in [9.17, 15) is 27.9 Å². The molecule has 8 heteroatoms. The maximum absolute atomic E-state index is 13.1. The molecule has 2 aliphatic carbocycles. The van der Waals surface area contributed by atoms with Crippen molar-refractivity contribution >= 4 is 18.0 Å². The number of carboxylic acids is 1. The minimum absolute atomic E-state index is 0.0424. The van der Waals surface area contributed by atoms with Gasteiger partial charge in [-0.1, -0.05) is 24.3 Å². The number of rotatable bonds is 4. The molecule has 2 aromatic rings. The quantitative estimate of drug-likeness (QED) is 0.515. The molecule has 0 bridgehead atoms. The van der Waals surface area contributed by atoms with Gasteiger partial charge in [-0.15, -0.1) is 0 Å². The van der Waals surface area contributed by atoms with Crippen molar-refractivity contribution in [2.24, 2.45) is 35.5 Å². The number of carbonyl (C=O) groups excluding carboxylic acids is 1. The molecule has 3 fully saturated rings. The number of fused-ring (bicyclic) bond motifs is 2. The molecule has 36 heavy (non-hydrogen) atoms. The van der Waals surface area contributed by atoms with Gasteiger partial charge in [0.15, 0.2) is 0 Å². The van der Waals surface area contributed by atoms with Crippen molar-refractivity contribution in [2.45, 2.75) is 44.9 Å². The van der Waals surface area contributed by atoms with Crippen LogP contribution in [0.5, 0.6) is 0 Å². The number of cyclic esters (lactones) is 1. The lowest BCUT2D eigenvalue weighted by Crippen LogP contribution is -2.44. The van der Waals surface area contributed by atoms with Crippen LogP contribution in [0.25, 0.3) is 17.2 Å². The van der Waals surface area contributed by atoms with E-state index in [1.165, 1.54) is 6.07 Å². The summed E-state index contributed by atoms with van der Waals surface area (Å²) in [7, 11) is 0. The summed E-state index contributed by atoms with van der Waals surface area (Å²) in [6.45, 7) is 1.93. The summed E-state index contributed by atoms with van der Waals surface area (Å²) in [5, 5.41) is 9.52. The van der Waals surface area contributed by atoms with Gasteiger partial charge in [0.2, 0.25) is 0 Å². The average Bonchev–Trinajstić information content (AvgIpc) is 3.14. The molecule has 2 saturated carbocycles. The smallest absolute Gasteiger partial charge is 0.416 e. The maximum Gasteiger partial charge on any atom is 0.416 e. The van der Waals surface area contributed by atoms with Crippen LogP contribution in [0.2, 0.25) is 0 Å². The Labute approximate surface area is 207 Å². The zero-order valence-corrected chi connectivity index (χ0v) is 19.8. The number of allylic oxidation sites excluding steroid dienone is 1. The van der Waals surface area contributed by atoms with E-state index in [4.69, 9.17) is 4.74 Å². The first-order chi connectivity index (χ1) is 17.1. The maximum atomic E-state index is 13.1. The fraction of sp³-hybridized carbons (Fsp3) is 0.464. The molecule has 1 aliphatic heterocycles. The van der Waals surface area contributed by atoms with Gasteiger partial charge in [0.25, 0.3) is 0 Å². The highest BCUT2D eigenvalue weighted by Gasteiger charge is 2.54. The molecule has 7 atom stereocenters. The Hall–Kier alpha value is -3.16. The highest BCUT2D eigenvalue weighted by Crippen LogP contribution is 2.54. The van der Waals surface area contributed by atoms with Crippen molar-refractivity contribution in [1.29, 1.82) is 0 Å². The number of hydrogen-bond donors (Lipinski definition) is 1. The molecule has 1 N–H and O–H groups in total. The third-order valence-corrected chi connectivity index (χ3v) is 8.30. The Balaban J connectivity index is 1.38. The summed E-state index contributed by atoms with van der Waals surface area (Å²) in [5.41, 5.74) is 0.995. The van der Waals surface area contributed by atoms with Crippen molar-refractivity contribution in [3.8, 4) is 11.1 Å². The van der Waals surface area contributed by atoms with Gasteiger partial charge in [0, 0.05) is 17.7 Å². The van der Waals surface area contributed by atoms with Crippen LogP contribution in [0.1, 0.15) is 43.9 Å². The molecule has 3 aliphatic rings. The van der Waals surface area contributed by atoms with Gasteiger partial charge in [0.05, 0.1) is 23.1 Å². The van der Waals surface area contributed by atoms with Crippen LogP contribution in [0.15, 0.2) is 48.7 Å². The number of halogens is 3. The molecule has 0 unspecified atom stereocenters. The largest absolute Gasteiger partial charge is 0.481 e. The number of nitrogens with zero attached hydrogens (tertiary/aromatic N) is 1. The number of carbonyl (C=O) groups is 2. The second-order valence-electron chi connectivity index (χ2n) is 10.3. The molecule has 0 spiro atoms. The van der Waals surface area contributed by atoms with Gasteiger partial charge < -0.3 is 9.84 Å². The Bertz CT molecular complexity index is 1180. The number of esters is 1. The molecule has 1 aromatic carbocycles. The lowest BCUT2D eigenvalue weighted by Gasteiger charge is -2.47. The molecule has 0 amide bonds. The van der Waals surface area contributed by atoms with Crippen LogP contribution < -0.4 is 0 Å².